The van der Waals surface area contributed by atoms with E-state index in [1.807, 2.05) is 65.7 Å². The Bertz CT molecular complexity index is 1060. The number of para-hydroxylation sites is 1. The number of rotatable bonds is 6. The van der Waals surface area contributed by atoms with Crippen LogP contribution in [-0.4, -0.2) is 39.8 Å². The second kappa shape index (κ2) is 10.8. The predicted octanol–water partition coefficient (Wildman–Crippen LogP) is 4.86. The highest BCUT2D eigenvalue weighted by molar-refractivity contribution is 5.89. The molecule has 6 heteroatoms. The number of likely N-dealkylation sites (tertiary alicyclic amines) is 1. The van der Waals surface area contributed by atoms with Crippen LogP contribution in [0, 0.1) is 12.8 Å². The Balaban J connectivity index is 1.41. The number of hydrogen-bond acceptors (Lipinski definition) is 3. The van der Waals surface area contributed by atoms with E-state index in [-0.39, 0.29) is 17.9 Å². The number of urea groups is 1. The van der Waals surface area contributed by atoms with E-state index >= 15 is 0 Å². The first kappa shape index (κ1) is 22.5. The van der Waals surface area contributed by atoms with Gasteiger partial charge in [0.25, 0.3) is 0 Å². The Morgan fingerprint density at radius 1 is 0.970 bits per heavy atom. The maximum absolute atomic E-state index is 13.6. The quantitative estimate of drug-likeness (QED) is 0.593. The molecule has 6 nitrogen and oxygen atoms in total. The maximum Gasteiger partial charge on any atom is 0.321 e. The Morgan fingerprint density at radius 3 is 2.39 bits per heavy atom. The molecule has 0 radical (unpaired) electrons. The van der Waals surface area contributed by atoms with Gasteiger partial charge in [-0.2, -0.15) is 0 Å². The fourth-order valence-corrected chi connectivity index (χ4v) is 4.23. The summed E-state index contributed by atoms with van der Waals surface area (Å²) in [7, 11) is 0. The van der Waals surface area contributed by atoms with E-state index in [0.717, 1.165) is 16.8 Å². The van der Waals surface area contributed by atoms with Crippen molar-refractivity contribution in [3.63, 3.8) is 0 Å². The minimum absolute atomic E-state index is 0.0912. The molecule has 33 heavy (non-hydrogen) atoms. The molecule has 0 aliphatic carbocycles. The molecule has 1 saturated heterocycles. The molecule has 3 aromatic rings. The Morgan fingerprint density at radius 2 is 1.70 bits per heavy atom. The smallest absolute Gasteiger partial charge is 0.321 e. The van der Waals surface area contributed by atoms with Crippen LogP contribution >= 0.6 is 0 Å². The Kier molecular flexibility index (Phi) is 7.35. The van der Waals surface area contributed by atoms with Crippen LogP contribution in [0.4, 0.5) is 10.5 Å². The number of anilines is 1. The largest absolute Gasteiger partial charge is 0.334 e. The summed E-state index contributed by atoms with van der Waals surface area (Å²) in [6.45, 7) is 4.30. The molecular formula is C27H30N4O2. The Hall–Kier alpha value is -3.67. The first-order valence-electron chi connectivity index (χ1n) is 11.4. The minimum atomic E-state index is -0.112. The van der Waals surface area contributed by atoms with Crippen LogP contribution in [0.2, 0.25) is 0 Å². The third kappa shape index (κ3) is 5.98. The van der Waals surface area contributed by atoms with Crippen molar-refractivity contribution in [2.45, 2.75) is 32.9 Å². The lowest BCUT2D eigenvalue weighted by Crippen LogP contribution is -2.45. The number of nitrogens with zero attached hydrogens (tertiary/aromatic N) is 3. The number of piperidine rings is 1. The van der Waals surface area contributed by atoms with Gasteiger partial charge in [0, 0.05) is 50.2 Å². The summed E-state index contributed by atoms with van der Waals surface area (Å²) in [6, 6.07) is 21.4. The molecule has 1 N–H and O–H groups in total. The first-order valence-corrected chi connectivity index (χ1v) is 11.4. The van der Waals surface area contributed by atoms with Gasteiger partial charge in [-0.1, -0.05) is 48.5 Å². The molecule has 0 saturated carbocycles. The van der Waals surface area contributed by atoms with Crippen LogP contribution in [-0.2, 0) is 17.9 Å². The summed E-state index contributed by atoms with van der Waals surface area (Å²) in [5.74, 6) is 0.0525. The van der Waals surface area contributed by atoms with Crippen LogP contribution < -0.4 is 5.32 Å². The highest BCUT2D eigenvalue weighted by atomic mass is 16.2. The van der Waals surface area contributed by atoms with Crippen molar-refractivity contribution < 1.29 is 9.59 Å². The summed E-state index contributed by atoms with van der Waals surface area (Å²) in [5, 5.41) is 2.93. The SMILES string of the molecule is Cc1ccccc1CN(Cc1cccnc1)C(=O)C1CCN(C(=O)Nc2ccccc2)CC1. The number of benzene rings is 2. The average Bonchev–Trinajstić information content (AvgIpc) is 2.86. The lowest BCUT2D eigenvalue weighted by atomic mass is 9.94. The van der Waals surface area contributed by atoms with E-state index in [2.05, 4.69) is 29.4 Å². The second-order valence-corrected chi connectivity index (χ2v) is 8.54. The average molecular weight is 443 g/mol. The van der Waals surface area contributed by atoms with Crippen molar-refractivity contribution in [3.8, 4) is 0 Å². The third-order valence-electron chi connectivity index (χ3n) is 6.19. The van der Waals surface area contributed by atoms with E-state index in [1.54, 1.807) is 11.1 Å². The number of nitrogens with one attached hydrogen (secondary N) is 1. The van der Waals surface area contributed by atoms with Crippen molar-refractivity contribution in [2.24, 2.45) is 5.92 Å². The summed E-state index contributed by atoms with van der Waals surface area (Å²) < 4.78 is 0. The van der Waals surface area contributed by atoms with Gasteiger partial charge in [0.2, 0.25) is 5.91 Å². The zero-order chi connectivity index (χ0) is 23.0. The third-order valence-corrected chi connectivity index (χ3v) is 6.19. The van der Waals surface area contributed by atoms with Crippen LogP contribution in [0.1, 0.15) is 29.5 Å². The molecule has 2 aromatic carbocycles. The van der Waals surface area contributed by atoms with Crippen LogP contribution in [0.15, 0.2) is 79.1 Å². The summed E-state index contributed by atoms with van der Waals surface area (Å²) in [4.78, 5) is 34.1. The van der Waals surface area contributed by atoms with E-state index in [4.69, 9.17) is 0 Å². The van der Waals surface area contributed by atoms with Crippen molar-refractivity contribution in [2.75, 3.05) is 18.4 Å². The molecule has 0 unspecified atom stereocenters. The van der Waals surface area contributed by atoms with Crippen LogP contribution in [0.3, 0.4) is 0 Å². The first-order chi connectivity index (χ1) is 16.1. The van der Waals surface area contributed by atoms with Gasteiger partial charge in [0.05, 0.1) is 0 Å². The maximum atomic E-state index is 13.6. The Labute approximate surface area is 195 Å². The number of amides is 3. The zero-order valence-electron chi connectivity index (χ0n) is 19.0. The van der Waals surface area contributed by atoms with Crippen molar-refractivity contribution in [3.05, 3.63) is 95.8 Å². The van der Waals surface area contributed by atoms with E-state index < -0.39 is 0 Å². The normalized spacial score (nSPS) is 14.0. The van der Waals surface area contributed by atoms with Crippen LogP contribution in [0.5, 0.6) is 0 Å². The molecule has 1 fully saturated rings. The van der Waals surface area contributed by atoms with Gasteiger partial charge in [-0.25, -0.2) is 4.79 Å². The molecule has 1 aromatic heterocycles. The van der Waals surface area contributed by atoms with Gasteiger partial charge in [-0.05, 0) is 54.7 Å². The van der Waals surface area contributed by atoms with Crippen molar-refractivity contribution in [1.29, 1.82) is 0 Å². The standard InChI is InChI=1S/C27H30N4O2/c1-21-8-5-6-10-24(21)20-31(19-22-9-7-15-28-18-22)26(32)23-13-16-30(17-14-23)27(33)29-25-11-3-2-4-12-25/h2-12,15,18,23H,13-14,16-17,19-20H2,1H3,(H,29,33). The summed E-state index contributed by atoms with van der Waals surface area (Å²) in [6.07, 6.45) is 4.89. The lowest BCUT2D eigenvalue weighted by molar-refractivity contribution is -0.138. The van der Waals surface area contributed by atoms with Gasteiger partial charge < -0.3 is 15.1 Å². The molecule has 2 heterocycles. The lowest BCUT2D eigenvalue weighted by Gasteiger charge is -2.34. The topological polar surface area (TPSA) is 65.5 Å². The predicted molar refractivity (Wildman–Crippen MR) is 129 cm³/mol. The number of pyridine rings is 1. The summed E-state index contributed by atoms with van der Waals surface area (Å²) in [5.41, 5.74) is 4.11. The van der Waals surface area contributed by atoms with Gasteiger partial charge in [0.1, 0.15) is 0 Å². The summed E-state index contributed by atoms with van der Waals surface area (Å²) >= 11 is 0. The highest BCUT2D eigenvalue weighted by Gasteiger charge is 2.30. The molecule has 0 bridgehead atoms. The molecule has 0 spiro atoms. The van der Waals surface area contributed by atoms with Gasteiger partial charge in [-0.15, -0.1) is 0 Å². The van der Waals surface area contributed by atoms with E-state index in [1.165, 1.54) is 5.56 Å². The number of carbonyl (C=O) groups excluding carboxylic acids is 2. The number of aromatic nitrogens is 1. The van der Waals surface area contributed by atoms with Crippen LogP contribution in [0.25, 0.3) is 0 Å². The van der Waals surface area contributed by atoms with Gasteiger partial charge in [0.15, 0.2) is 0 Å². The fraction of sp³-hybridized carbons (Fsp3) is 0.296. The molecule has 1 aliphatic rings. The number of aryl methyl sites for hydroxylation is 1. The molecule has 0 atom stereocenters. The molecule has 4 rings (SSSR count). The van der Waals surface area contributed by atoms with Gasteiger partial charge >= 0.3 is 6.03 Å². The zero-order valence-corrected chi connectivity index (χ0v) is 19.0. The highest BCUT2D eigenvalue weighted by Crippen LogP contribution is 2.23. The number of hydrogen-bond donors (Lipinski definition) is 1. The monoisotopic (exact) mass is 442 g/mol. The fourth-order valence-electron chi connectivity index (χ4n) is 4.23. The minimum Gasteiger partial charge on any atom is -0.334 e. The van der Waals surface area contributed by atoms with Crippen molar-refractivity contribution in [1.82, 2.24) is 14.8 Å². The molecular weight excluding hydrogens is 412 g/mol. The van der Waals surface area contributed by atoms with E-state index in [9.17, 15) is 9.59 Å². The van der Waals surface area contributed by atoms with Gasteiger partial charge in [-0.3, -0.25) is 9.78 Å². The second-order valence-electron chi connectivity index (χ2n) is 8.54. The molecule has 3 amide bonds. The van der Waals surface area contributed by atoms with E-state index in [0.29, 0.717) is 39.0 Å². The number of carbonyl (C=O) groups is 2. The molecule has 170 valence electrons. The molecule has 1 aliphatic heterocycles. The van der Waals surface area contributed by atoms with Crippen molar-refractivity contribution >= 4 is 17.6 Å².